The molecule has 4 heteroatoms. The lowest BCUT2D eigenvalue weighted by molar-refractivity contribution is 0.102. The summed E-state index contributed by atoms with van der Waals surface area (Å²) in [6.07, 6.45) is 1.67. The molecule has 21 heavy (non-hydrogen) atoms. The lowest BCUT2D eigenvalue weighted by Gasteiger charge is -2.20. The Labute approximate surface area is 121 Å². The predicted molar refractivity (Wildman–Crippen MR) is 74.8 cm³/mol. The van der Waals surface area contributed by atoms with Gasteiger partial charge >= 0.3 is 0 Å². The molecule has 0 saturated carbocycles. The van der Waals surface area contributed by atoms with E-state index in [1.165, 1.54) is 13.0 Å². The van der Waals surface area contributed by atoms with Crippen molar-refractivity contribution >= 4 is 5.78 Å². The Bertz CT molecular complexity index is 723. The van der Waals surface area contributed by atoms with Crippen molar-refractivity contribution in [2.45, 2.75) is 19.8 Å². The van der Waals surface area contributed by atoms with Crippen LogP contribution >= 0.6 is 0 Å². The van der Waals surface area contributed by atoms with Crippen LogP contribution in [0.5, 0.6) is 5.75 Å². The third kappa shape index (κ3) is 2.31. The quantitative estimate of drug-likeness (QED) is 0.785. The molecule has 0 bridgehead atoms. The van der Waals surface area contributed by atoms with Crippen molar-refractivity contribution in [3.05, 3.63) is 64.2 Å². The van der Waals surface area contributed by atoms with E-state index in [9.17, 15) is 13.6 Å². The molecule has 0 spiro atoms. The van der Waals surface area contributed by atoms with Gasteiger partial charge in [0.2, 0.25) is 5.78 Å². The van der Waals surface area contributed by atoms with E-state index in [2.05, 4.69) is 0 Å². The fraction of sp³-hybridized carbons (Fsp3) is 0.235. The molecule has 0 aliphatic carbocycles. The number of ether oxygens (including phenoxy) is 1. The molecule has 0 amide bonds. The summed E-state index contributed by atoms with van der Waals surface area (Å²) in [7, 11) is 0. The monoisotopic (exact) mass is 288 g/mol. The second kappa shape index (κ2) is 5.28. The van der Waals surface area contributed by atoms with Gasteiger partial charge in [0.15, 0.2) is 0 Å². The van der Waals surface area contributed by atoms with Gasteiger partial charge in [-0.2, -0.15) is 0 Å². The molecule has 0 saturated heterocycles. The van der Waals surface area contributed by atoms with Crippen LogP contribution in [0, 0.1) is 18.6 Å². The number of para-hydroxylation sites is 1. The standard InChI is InChI=1S/C17H14F2O2/c1-10-7-8-13(18)14(15(10)19)16(20)12-6-2-4-11-5-3-9-21-17(11)12/h2,4,6-8H,3,5,9H2,1H3. The summed E-state index contributed by atoms with van der Waals surface area (Å²) >= 11 is 0. The molecule has 0 atom stereocenters. The Morgan fingerprint density at radius 2 is 2.00 bits per heavy atom. The number of hydrogen-bond acceptors (Lipinski definition) is 2. The number of carbonyl (C=O) groups is 1. The van der Waals surface area contributed by atoms with Gasteiger partial charge in [-0.1, -0.05) is 18.2 Å². The average Bonchev–Trinajstić information content (AvgIpc) is 2.50. The Kier molecular flexibility index (Phi) is 3.45. The fourth-order valence-electron chi connectivity index (χ4n) is 2.57. The Balaban J connectivity index is 2.14. The molecule has 0 fully saturated rings. The van der Waals surface area contributed by atoms with Crippen LogP contribution < -0.4 is 4.74 Å². The van der Waals surface area contributed by atoms with E-state index >= 15 is 0 Å². The highest BCUT2D eigenvalue weighted by Crippen LogP contribution is 2.31. The van der Waals surface area contributed by atoms with Crippen LogP contribution in [0.25, 0.3) is 0 Å². The number of ketones is 1. The van der Waals surface area contributed by atoms with Crippen LogP contribution in [0.3, 0.4) is 0 Å². The molecule has 0 radical (unpaired) electrons. The predicted octanol–water partition coefficient (Wildman–Crippen LogP) is 3.83. The maximum absolute atomic E-state index is 14.1. The first-order chi connectivity index (χ1) is 10.1. The largest absolute Gasteiger partial charge is 0.493 e. The Hall–Kier alpha value is -2.23. The maximum Gasteiger partial charge on any atom is 0.202 e. The van der Waals surface area contributed by atoms with Crippen molar-refractivity contribution in [2.24, 2.45) is 0 Å². The van der Waals surface area contributed by atoms with Gasteiger partial charge in [0, 0.05) is 0 Å². The van der Waals surface area contributed by atoms with E-state index in [1.807, 2.05) is 6.07 Å². The van der Waals surface area contributed by atoms with Crippen LogP contribution in [-0.2, 0) is 6.42 Å². The maximum atomic E-state index is 14.1. The third-order valence-electron chi connectivity index (χ3n) is 3.69. The van der Waals surface area contributed by atoms with Gasteiger partial charge < -0.3 is 4.74 Å². The molecule has 2 aromatic rings. The average molecular weight is 288 g/mol. The summed E-state index contributed by atoms with van der Waals surface area (Å²) in [5.74, 6) is -1.88. The molecule has 2 nitrogen and oxygen atoms in total. The van der Waals surface area contributed by atoms with Gasteiger partial charge in [-0.05, 0) is 43.0 Å². The number of benzene rings is 2. The van der Waals surface area contributed by atoms with Crippen LogP contribution in [0.1, 0.15) is 33.5 Å². The topological polar surface area (TPSA) is 26.3 Å². The molecule has 1 aliphatic rings. The van der Waals surface area contributed by atoms with Crippen LogP contribution in [0.2, 0.25) is 0 Å². The summed E-state index contributed by atoms with van der Waals surface area (Å²) in [6, 6.07) is 7.56. The van der Waals surface area contributed by atoms with Crippen LogP contribution in [-0.4, -0.2) is 12.4 Å². The van der Waals surface area contributed by atoms with E-state index in [-0.39, 0.29) is 11.1 Å². The first-order valence-corrected chi connectivity index (χ1v) is 6.83. The Morgan fingerprint density at radius 1 is 1.19 bits per heavy atom. The Morgan fingerprint density at radius 3 is 2.81 bits per heavy atom. The molecule has 0 aromatic heterocycles. The zero-order chi connectivity index (χ0) is 15.0. The summed E-state index contributed by atoms with van der Waals surface area (Å²) in [5, 5.41) is 0. The van der Waals surface area contributed by atoms with Crippen molar-refractivity contribution in [1.82, 2.24) is 0 Å². The lowest BCUT2D eigenvalue weighted by Crippen LogP contribution is -2.15. The smallest absolute Gasteiger partial charge is 0.202 e. The number of aryl methyl sites for hydroxylation is 2. The number of fused-ring (bicyclic) bond motifs is 1. The van der Waals surface area contributed by atoms with Gasteiger partial charge in [-0.25, -0.2) is 8.78 Å². The fourth-order valence-corrected chi connectivity index (χ4v) is 2.57. The minimum atomic E-state index is -0.850. The molecule has 3 rings (SSSR count). The highest BCUT2D eigenvalue weighted by atomic mass is 19.1. The van der Waals surface area contributed by atoms with E-state index in [0.29, 0.717) is 12.4 Å². The van der Waals surface area contributed by atoms with E-state index in [1.54, 1.807) is 12.1 Å². The van der Waals surface area contributed by atoms with E-state index < -0.39 is 23.0 Å². The van der Waals surface area contributed by atoms with E-state index in [4.69, 9.17) is 4.74 Å². The minimum Gasteiger partial charge on any atom is -0.493 e. The molecule has 108 valence electrons. The highest BCUT2D eigenvalue weighted by molar-refractivity contribution is 6.11. The van der Waals surface area contributed by atoms with Crippen molar-refractivity contribution in [3.8, 4) is 5.75 Å². The second-order valence-corrected chi connectivity index (χ2v) is 5.13. The molecular formula is C17H14F2O2. The van der Waals surface area contributed by atoms with Gasteiger partial charge in [-0.15, -0.1) is 0 Å². The van der Waals surface area contributed by atoms with Gasteiger partial charge in [0.1, 0.15) is 17.4 Å². The van der Waals surface area contributed by atoms with Crippen molar-refractivity contribution in [3.63, 3.8) is 0 Å². The normalized spacial score (nSPS) is 13.5. The van der Waals surface area contributed by atoms with Gasteiger partial charge in [0.25, 0.3) is 0 Å². The highest BCUT2D eigenvalue weighted by Gasteiger charge is 2.25. The minimum absolute atomic E-state index is 0.218. The van der Waals surface area contributed by atoms with Gasteiger partial charge in [0.05, 0.1) is 17.7 Å². The molecular weight excluding hydrogens is 274 g/mol. The zero-order valence-electron chi connectivity index (χ0n) is 11.6. The first kappa shape index (κ1) is 13.7. The van der Waals surface area contributed by atoms with Crippen molar-refractivity contribution in [1.29, 1.82) is 0 Å². The summed E-state index contributed by atoms with van der Waals surface area (Å²) in [6.45, 7) is 2.01. The zero-order valence-corrected chi connectivity index (χ0v) is 11.6. The summed E-state index contributed by atoms with van der Waals surface area (Å²) in [4.78, 5) is 12.6. The number of rotatable bonds is 2. The van der Waals surface area contributed by atoms with Crippen molar-refractivity contribution < 1.29 is 18.3 Å². The number of carbonyl (C=O) groups excluding carboxylic acids is 1. The molecule has 0 N–H and O–H groups in total. The molecule has 2 aromatic carbocycles. The second-order valence-electron chi connectivity index (χ2n) is 5.13. The first-order valence-electron chi connectivity index (χ1n) is 6.83. The number of halogens is 2. The summed E-state index contributed by atoms with van der Waals surface area (Å²) in [5.41, 5.74) is 0.846. The van der Waals surface area contributed by atoms with E-state index in [0.717, 1.165) is 24.5 Å². The SMILES string of the molecule is Cc1ccc(F)c(C(=O)c2cccc3c2OCCC3)c1F. The van der Waals surface area contributed by atoms with Crippen LogP contribution in [0.15, 0.2) is 30.3 Å². The molecule has 0 unspecified atom stereocenters. The lowest BCUT2D eigenvalue weighted by atomic mass is 9.95. The molecule has 1 aliphatic heterocycles. The number of hydrogen-bond donors (Lipinski definition) is 0. The van der Waals surface area contributed by atoms with Crippen molar-refractivity contribution in [2.75, 3.05) is 6.61 Å². The summed E-state index contributed by atoms with van der Waals surface area (Å²) < 4.78 is 33.6. The van der Waals surface area contributed by atoms with Crippen LogP contribution in [0.4, 0.5) is 8.78 Å². The molecule has 1 heterocycles. The third-order valence-corrected chi connectivity index (χ3v) is 3.69. The van der Waals surface area contributed by atoms with Gasteiger partial charge in [-0.3, -0.25) is 4.79 Å².